The minimum atomic E-state index is -0.440. The van der Waals surface area contributed by atoms with E-state index in [0.717, 1.165) is 19.1 Å². The molecule has 1 saturated carbocycles. The maximum atomic E-state index is 11.4. The van der Waals surface area contributed by atoms with Gasteiger partial charge in [0.25, 0.3) is 0 Å². The minimum absolute atomic E-state index is 0.362. The molecule has 106 valence electrons. The van der Waals surface area contributed by atoms with Crippen LogP contribution in [0.5, 0.6) is 0 Å². The zero-order chi connectivity index (χ0) is 13.6. The van der Waals surface area contributed by atoms with Crippen molar-refractivity contribution in [3.63, 3.8) is 0 Å². The molecule has 1 fully saturated rings. The molecule has 0 aromatic heterocycles. The molecule has 18 heavy (non-hydrogen) atoms. The Balaban J connectivity index is 2.08. The van der Waals surface area contributed by atoms with Gasteiger partial charge in [-0.05, 0) is 39.5 Å². The monoisotopic (exact) mass is 258 g/mol. The summed E-state index contributed by atoms with van der Waals surface area (Å²) in [4.78, 5) is 11.4. The van der Waals surface area contributed by atoms with Crippen LogP contribution in [0, 0.1) is 5.92 Å². The van der Waals surface area contributed by atoms with E-state index in [0.29, 0.717) is 12.6 Å². The van der Waals surface area contributed by atoms with Gasteiger partial charge < -0.3 is 20.1 Å². The fraction of sp³-hybridized carbons (Fsp3) is 0.923. The molecule has 1 unspecified atom stereocenters. The summed E-state index contributed by atoms with van der Waals surface area (Å²) in [6.45, 7) is 7.61. The van der Waals surface area contributed by atoms with Gasteiger partial charge >= 0.3 is 6.09 Å². The summed E-state index contributed by atoms with van der Waals surface area (Å²) >= 11 is 0. The van der Waals surface area contributed by atoms with E-state index >= 15 is 0 Å². The largest absolute Gasteiger partial charge is 0.444 e. The molecular formula is C13H26N2O3. The van der Waals surface area contributed by atoms with Crippen LogP contribution in [0.2, 0.25) is 0 Å². The first-order valence-electron chi connectivity index (χ1n) is 6.61. The topological polar surface area (TPSA) is 59.6 Å². The molecule has 5 heteroatoms. The lowest BCUT2D eigenvalue weighted by Crippen LogP contribution is -2.41. The van der Waals surface area contributed by atoms with Crippen LogP contribution in [0.1, 0.15) is 33.6 Å². The van der Waals surface area contributed by atoms with Gasteiger partial charge in [0.2, 0.25) is 0 Å². The summed E-state index contributed by atoms with van der Waals surface area (Å²) in [5, 5.41) is 6.14. The van der Waals surface area contributed by atoms with Crippen molar-refractivity contribution in [2.45, 2.75) is 45.3 Å². The third-order valence-electron chi connectivity index (χ3n) is 2.74. The average Bonchev–Trinajstić information content (AvgIpc) is 3.03. The highest BCUT2D eigenvalue weighted by Crippen LogP contribution is 2.32. The van der Waals surface area contributed by atoms with Crippen molar-refractivity contribution in [1.29, 1.82) is 0 Å². The van der Waals surface area contributed by atoms with Gasteiger partial charge in [0, 0.05) is 26.2 Å². The van der Waals surface area contributed by atoms with Crippen LogP contribution in [-0.2, 0) is 9.47 Å². The second kappa shape index (κ2) is 6.95. The highest BCUT2D eigenvalue weighted by molar-refractivity contribution is 5.67. The Bertz CT molecular complexity index is 259. The molecule has 1 amide bonds. The van der Waals surface area contributed by atoms with Crippen molar-refractivity contribution in [3.05, 3.63) is 0 Å². The molecule has 0 spiro atoms. The number of alkyl carbamates (subject to hydrolysis) is 1. The van der Waals surface area contributed by atoms with Crippen LogP contribution in [0.4, 0.5) is 4.79 Å². The molecule has 1 rings (SSSR count). The van der Waals surface area contributed by atoms with Gasteiger partial charge in [0.05, 0.1) is 6.61 Å². The summed E-state index contributed by atoms with van der Waals surface area (Å²) in [5.74, 6) is 0.742. The van der Waals surface area contributed by atoms with Crippen LogP contribution in [0.25, 0.3) is 0 Å². The van der Waals surface area contributed by atoms with Crippen LogP contribution in [-0.4, -0.2) is 44.5 Å². The molecule has 0 radical (unpaired) electrons. The molecule has 0 bridgehead atoms. The number of ether oxygens (including phenoxy) is 2. The molecular weight excluding hydrogens is 232 g/mol. The number of carbonyl (C=O) groups is 1. The normalized spacial score (nSPS) is 17.3. The van der Waals surface area contributed by atoms with E-state index in [1.165, 1.54) is 12.8 Å². The first-order chi connectivity index (χ1) is 8.42. The fourth-order valence-electron chi connectivity index (χ4n) is 1.78. The minimum Gasteiger partial charge on any atom is -0.444 e. The summed E-state index contributed by atoms with van der Waals surface area (Å²) < 4.78 is 10.3. The van der Waals surface area contributed by atoms with Crippen molar-refractivity contribution < 1.29 is 14.3 Å². The van der Waals surface area contributed by atoms with Gasteiger partial charge in [-0.3, -0.25) is 0 Å². The van der Waals surface area contributed by atoms with Gasteiger partial charge in [-0.15, -0.1) is 0 Å². The number of carbonyl (C=O) groups excluding carboxylic acids is 1. The third kappa shape index (κ3) is 6.81. The Labute approximate surface area is 110 Å². The standard InChI is InChI=1S/C13H26N2O3/c1-13(2,3)18-12(16)15-8-7-14-11(9-17-4)10-5-6-10/h10-11,14H,5-9H2,1-4H3,(H,15,16). The fourth-order valence-corrected chi connectivity index (χ4v) is 1.78. The van der Waals surface area contributed by atoms with Crippen molar-refractivity contribution in [3.8, 4) is 0 Å². The van der Waals surface area contributed by atoms with Crippen LogP contribution in [0.3, 0.4) is 0 Å². The molecule has 0 aromatic rings. The van der Waals surface area contributed by atoms with Crippen molar-refractivity contribution >= 4 is 6.09 Å². The van der Waals surface area contributed by atoms with Crippen molar-refractivity contribution in [2.24, 2.45) is 5.92 Å². The zero-order valence-electron chi connectivity index (χ0n) is 11.9. The molecule has 0 heterocycles. The summed E-state index contributed by atoms with van der Waals surface area (Å²) in [7, 11) is 1.72. The molecule has 0 aliphatic heterocycles. The molecule has 0 aromatic carbocycles. The van der Waals surface area contributed by atoms with Crippen LogP contribution >= 0.6 is 0 Å². The second-order valence-electron chi connectivity index (χ2n) is 5.78. The first-order valence-corrected chi connectivity index (χ1v) is 6.61. The van der Waals surface area contributed by atoms with Gasteiger partial charge in [0.15, 0.2) is 0 Å². The molecule has 2 N–H and O–H groups in total. The maximum absolute atomic E-state index is 11.4. The van der Waals surface area contributed by atoms with E-state index in [2.05, 4.69) is 10.6 Å². The predicted octanol–water partition coefficient (Wildman–Crippen LogP) is 1.53. The Kier molecular flexibility index (Phi) is 5.88. The van der Waals surface area contributed by atoms with Gasteiger partial charge in [-0.25, -0.2) is 4.79 Å². The Hall–Kier alpha value is -0.810. The van der Waals surface area contributed by atoms with Gasteiger partial charge in [-0.2, -0.15) is 0 Å². The van der Waals surface area contributed by atoms with Crippen molar-refractivity contribution in [1.82, 2.24) is 10.6 Å². The molecule has 5 nitrogen and oxygen atoms in total. The average molecular weight is 258 g/mol. The van der Waals surface area contributed by atoms with Gasteiger partial charge in [-0.1, -0.05) is 0 Å². The predicted molar refractivity (Wildman–Crippen MR) is 70.6 cm³/mol. The molecule has 0 saturated heterocycles. The number of amides is 1. The summed E-state index contributed by atoms with van der Waals surface area (Å²) in [6, 6.07) is 0.412. The highest BCUT2D eigenvalue weighted by Gasteiger charge is 2.30. The van der Waals surface area contributed by atoms with Crippen molar-refractivity contribution in [2.75, 3.05) is 26.8 Å². The lowest BCUT2D eigenvalue weighted by Gasteiger charge is -2.20. The smallest absolute Gasteiger partial charge is 0.407 e. The zero-order valence-corrected chi connectivity index (χ0v) is 11.9. The lowest BCUT2D eigenvalue weighted by atomic mass is 10.2. The third-order valence-corrected chi connectivity index (χ3v) is 2.74. The van der Waals surface area contributed by atoms with Crippen LogP contribution < -0.4 is 10.6 Å². The quantitative estimate of drug-likeness (QED) is 0.680. The van der Waals surface area contributed by atoms with E-state index < -0.39 is 5.60 Å². The van der Waals surface area contributed by atoms with E-state index in [1.54, 1.807) is 7.11 Å². The van der Waals surface area contributed by atoms with E-state index in [4.69, 9.17) is 9.47 Å². The number of nitrogens with one attached hydrogen (secondary N) is 2. The van der Waals surface area contributed by atoms with E-state index in [-0.39, 0.29) is 6.09 Å². The highest BCUT2D eigenvalue weighted by atomic mass is 16.6. The molecule has 1 aliphatic carbocycles. The first kappa shape index (κ1) is 15.2. The summed E-state index contributed by atoms with van der Waals surface area (Å²) in [5.41, 5.74) is -0.440. The SMILES string of the molecule is COCC(NCCNC(=O)OC(C)(C)C)C1CC1. The molecule has 1 aliphatic rings. The summed E-state index contributed by atoms with van der Waals surface area (Å²) in [6.07, 6.45) is 2.19. The second-order valence-corrected chi connectivity index (χ2v) is 5.78. The van der Waals surface area contributed by atoms with E-state index in [1.807, 2.05) is 20.8 Å². The van der Waals surface area contributed by atoms with E-state index in [9.17, 15) is 4.79 Å². The Morgan fingerprint density at radius 1 is 1.33 bits per heavy atom. The van der Waals surface area contributed by atoms with Gasteiger partial charge in [0.1, 0.15) is 5.60 Å². The number of methoxy groups -OCH3 is 1. The number of hydrogen-bond donors (Lipinski definition) is 2. The molecule has 1 atom stereocenters. The maximum Gasteiger partial charge on any atom is 0.407 e. The Morgan fingerprint density at radius 2 is 2.00 bits per heavy atom. The lowest BCUT2D eigenvalue weighted by molar-refractivity contribution is 0.0527. The number of hydrogen-bond acceptors (Lipinski definition) is 4. The Morgan fingerprint density at radius 3 is 2.50 bits per heavy atom. The number of rotatable bonds is 7. The van der Waals surface area contributed by atoms with Crippen LogP contribution in [0.15, 0.2) is 0 Å².